The average molecular weight is 749 g/mol. The quantitative estimate of drug-likeness (QED) is 0.144. The normalized spacial score (nSPS) is 14.6. The Hall–Kier alpha value is -3.61. The zero-order valence-electron chi connectivity index (χ0n) is 27.0. The number of hydrogen-bond donors (Lipinski definition) is 1. The minimum atomic E-state index is -0.609. The van der Waals surface area contributed by atoms with E-state index in [-0.39, 0.29) is 40.7 Å². The molecule has 15 nitrogen and oxygen atoms in total. The third-order valence-electron chi connectivity index (χ3n) is 7.93. The summed E-state index contributed by atoms with van der Waals surface area (Å²) in [7, 11) is 7.21. The summed E-state index contributed by atoms with van der Waals surface area (Å²) in [5, 5.41) is 0.533. The maximum atomic E-state index is 12.8. The molecule has 0 spiro atoms. The van der Waals surface area contributed by atoms with Crippen LogP contribution >= 0.6 is 28.7 Å². The van der Waals surface area contributed by atoms with Gasteiger partial charge in [0.05, 0.1) is 0 Å². The summed E-state index contributed by atoms with van der Waals surface area (Å²) in [6.45, 7) is 4.28. The molecule has 18 heteroatoms. The van der Waals surface area contributed by atoms with Crippen molar-refractivity contribution in [2.75, 3.05) is 14.2 Å². The van der Waals surface area contributed by atoms with Crippen molar-refractivity contribution in [3.05, 3.63) is 85.8 Å². The van der Waals surface area contributed by atoms with E-state index in [1.165, 1.54) is 44.6 Å². The van der Waals surface area contributed by atoms with Gasteiger partial charge in [-0.1, -0.05) is 22.9 Å². The Morgan fingerprint density at radius 2 is 1.25 bits per heavy atom. The van der Waals surface area contributed by atoms with Crippen LogP contribution in [0.3, 0.4) is 0 Å². The number of nitrogens with zero attached hydrogens (tertiary/aromatic N) is 5. The molecule has 0 amide bonds. The van der Waals surface area contributed by atoms with Crippen molar-refractivity contribution in [3.63, 3.8) is 0 Å². The van der Waals surface area contributed by atoms with Crippen LogP contribution in [0, 0.1) is 11.8 Å². The molecule has 1 atom stereocenters. The predicted octanol–water partition coefficient (Wildman–Crippen LogP) is 2.46. The summed E-state index contributed by atoms with van der Waals surface area (Å²) < 4.78 is 27.9. The Balaban J connectivity index is 0.000000201. The summed E-state index contributed by atoms with van der Waals surface area (Å²) in [6.07, 6.45) is 4.59. The molecule has 4 aromatic rings. The molecular weight excluding hydrogens is 713 g/mol. The van der Waals surface area contributed by atoms with Crippen LogP contribution in [0.5, 0.6) is 0 Å². The Bertz CT molecular complexity index is 2180. The van der Waals surface area contributed by atoms with Crippen molar-refractivity contribution >= 4 is 58.6 Å². The van der Waals surface area contributed by atoms with E-state index >= 15 is 0 Å². The Labute approximate surface area is 287 Å². The standard InChI is InChI=1S/C15H17BrN2O5.C15H18N2O5.BHNS/c1-8(16)10-5-11(19)23-14-12(10)13(20)17(6-9-3-4-9)15(21)18(14)7-22-2;1-3-10-6-11(18)22-14-12(10)13(19)16(7-9-4-5-9)15(20)17(14)8-21-2;1-2-3/h5,8-9H,3-4,6-7H2,1-2H3;6,9H,3-5,7-8H2,1-2H3;3H. The van der Waals surface area contributed by atoms with Crippen LogP contribution in [0.25, 0.3) is 22.2 Å². The molecule has 0 aromatic carbocycles. The van der Waals surface area contributed by atoms with E-state index in [1.54, 1.807) is 0 Å². The van der Waals surface area contributed by atoms with Gasteiger partial charge in [-0.15, -0.1) is 0 Å². The van der Waals surface area contributed by atoms with Crippen LogP contribution in [-0.2, 0) is 42.4 Å². The molecule has 1 radical (unpaired) electrons. The van der Waals surface area contributed by atoms with Crippen molar-refractivity contribution in [3.8, 4) is 0 Å². The molecule has 2 saturated carbocycles. The van der Waals surface area contributed by atoms with Crippen molar-refractivity contribution in [2.24, 2.45) is 16.1 Å². The number of rotatable bonds is 10. The van der Waals surface area contributed by atoms with E-state index in [1.807, 2.05) is 13.8 Å². The first-order valence-electron chi connectivity index (χ1n) is 15.2. The molecule has 2 aliphatic rings. The molecule has 6 rings (SSSR count). The molecule has 1 unspecified atom stereocenters. The number of hydrogen-bond acceptors (Lipinski definition) is 12. The summed E-state index contributed by atoms with van der Waals surface area (Å²) in [5.41, 5.74) is -1.96. The summed E-state index contributed by atoms with van der Waals surface area (Å²) in [5.74, 6) is 0.731. The number of halogens is 1. The van der Waals surface area contributed by atoms with Crippen molar-refractivity contribution in [1.29, 1.82) is 0 Å². The van der Waals surface area contributed by atoms with E-state index in [0.717, 1.165) is 25.7 Å². The molecule has 257 valence electrons. The van der Waals surface area contributed by atoms with Gasteiger partial charge in [0, 0.05) is 44.3 Å². The van der Waals surface area contributed by atoms with Gasteiger partial charge in [0.2, 0.25) is 11.4 Å². The van der Waals surface area contributed by atoms with Gasteiger partial charge in [-0.05, 0) is 62.0 Å². The van der Waals surface area contributed by atoms with Gasteiger partial charge in [0.15, 0.2) is 0 Å². The first kappa shape index (κ1) is 37.2. The predicted molar refractivity (Wildman–Crippen MR) is 185 cm³/mol. The van der Waals surface area contributed by atoms with Crippen molar-refractivity contribution in [2.45, 2.75) is 77.3 Å². The van der Waals surface area contributed by atoms with E-state index in [2.05, 4.69) is 40.7 Å². The van der Waals surface area contributed by atoms with Crippen LogP contribution in [0.4, 0.5) is 0 Å². The number of methoxy groups -OCH3 is 2. The number of aromatic nitrogens is 4. The third kappa shape index (κ3) is 8.15. The van der Waals surface area contributed by atoms with Gasteiger partial charge in [0.25, 0.3) is 11.1 Å². The van der Waals surface area contributed by atoms with Crippen LogP contribution < -0.4 is 33.7 Å². The number of aryl methyl sites for hydroxylation is 1. The topological polar surface area (TPSA) is 179 Å². The second-order valence-electron chi connectivity index (χ2n) is 11.5. The van der Waals surface area contributed by atoms with Gasteiger partial charge < -0.3 is 18.3 Å². The maximum absolute atomic E-state index is 12.8. The molecule has 0 aliphatic heterocycles. The second kappa shape index (κ2) is 16.2. The zero-order chi connectivity index (χ0) is 35.3. The molecule has 48 heavy (non-hydrogen) atoms. The molecule has 2 fully saturated rings. The van der Waals surface area contributed by atoms with Crippen LogP contribution in [-0.4, -0.2) is 40.1 Å². The number of ether oxygens (including phenoxy) is 2. The molecule has 0 N–H and O–H groups in total. The molecular formula is C30H36BBrN5O10S. The van der Waals surface area contributed by atoms with E-state index in [0.29, 0.717) is 47.9 Å². The minimum absolute atomic E-state index is 0.00625. The van der Waals surface area contributed by atoms with Crippen LogP contribution in [0.15, 0.2) is 54.0 Å². The Morgan fingerprint density at radius 1 is 0.833 bits per heavy atom. The van der Waals surface area contributed by atoms with Gasteiger partial charge in [-0.25, -0.2) is 28.3 Å². The number of thiol groups is 1. The van der Waals surface area contributed by atoms with Gasteiger partial charge in [-0.3, -0.25) is 18.7 Å². The van der Waals surface area contributed by atoms with Gasteiger partial charge in [-0.2, -0.15) is 0 Å². The Kier molecular flexibility index (Phi) is 12.6. The van der Waals surface area contributed by atoms with Gasteiger partial charge >= 0.3 is 47.4 Å². The second-order valence-corrected chi connectivity index (χ2v) is 13.1. The third-order valence-corrected chi connectivity index (χ3v) is 8.42. The summed E-state index contributed by atoms with van der Waals surface area (Å²) in [4.78, 5) is 74.0. The fourth-order valence-corrected chi connectivity index (χ4v) is 5.64. The first-order valence-corrected chi connectivity index (χ1v) is 16.5. The van der Waals surface area contributed by atoms with E-state index in [9.17, 15) is 28.8 Å². The van der Waals surface area contributed by atoms with E-state index in [4.69, 9.17) is 18.3 Å². The monoisotopic (exact) mass is 748 g/mol. The SMILES string of the molecule is CCc1cc(=O)oc2c1c(=O)n(CC1CC1)c(=O)n2COC.COCn1c(=O)n(CC2CC2)c(=O)c2c(C(C)Br)cc(=O)oc21.[B]=NS. The molecule has 4 aromatic heterocycles. The molecule has 0 bridgehead atoms. The van der Waals surface area contributed by atoms with Crippen LogP contribution in [0.1, 0.15) is 55.5 Å². The number of alkyl halides is 1. The molecule has 4 heterocycles. The summed E-state index contributed by atoms with van der Waals surface area (Å²) in [6, 6.07) is 2.60. The molecule has 2 aliphatic carbocycles. The fourth-order valence-electron chi connectivity index (χ4n) is 5.28. The van der Waals surface area contributed by atoms with Crippen molar-refractivity contribution < 1.29 is 18.3 Å². The summed E-state index contributed by atoms with van der Waals surface area (Å²) >= 11 is 6.59. The first-order chi connectivity index (χ1) is 22.9. The van der Waals surface area contributed by atoms with Crippen molar-refractivity contribution in [1.82, 2.24) is 18.3 Å². The average Bonchev–Trinajstić information content (AvgIpc) is 3.98. The number of fused-ring (bicyclic) bond motifs is 2. The molecule has 0 saturated heterocycles. The zero-order valence-corrected chi connectivity index (χ0v) is 29.5. The van der Waals surface area contributed by atoms with Gasteiger partial charge in [0.1, 0.15) is 24.2 Å². The van der Waals surface area contributed by atoms with E-state index < -0.39 is 28.2 Å². The van der Waals surface area contributed by atoms with Crippen LogP contribution in [0.2, 0.25) is 0 Å². The Morgan fingerprint density at radius 3 is 1.65 bits per heavy atom. The fraction of sp³-hybridized carbons (Fsp3) is 0.533.